The van der Waals surface area contributed by atoms with E-state index in [0.717, 1.165) is 19.5 Å². The van der Waals surface area contributed by atoms with Gasteiger partial charge in [-0.15, -0.1) is 5.10 Å². The third kappa shape index (κ3) is 3.20. The SMILES string of the molecule is CCNCc1nnc(N(CC)C(C)CC)o1. The molecule has 1 N–H and O–H groups in total. The molecule has 0 aliphatic heterocycles. The monoisotopic (exact) mass is 226 g/mol. The highest BCUT2D eigenvalue weighted by molar-refractivity contribution is 5.25. The van der Waals surface area contributed by atoms with E-state index in [1.165, 1.54) is 0 Å². The first-order chi connectivity index (χ1) is 7.72. The lowest BCUT2D eigenvalue weighted by molar-refractivity contribution is 0.451. The highest BCUT2D eigenvalue weighted by Gasteiger charge is 2.17. The van der Waals surface area contributed by atoms with Gasteiger partial charge in [-0.1, -0.05) is 18.9 Å². The molecule has 0 aromatic carbocycles. The number of hydrogen-bond donors (Lipinski definition) is 1. The summed E-state index contributed by atoms with van der Waals surface area (Å²) in [6, 6.07) is 1.06. The number of anilines is 1. The van der Waals surface area contributed by atoms with Crippen LogP contribution in [0.15, 0.2) is 4.42 Å². The van der Waals surface area contributed by atoms with Crippen molar-refractivity contribution in [2.45, 2.75) is 46.7 Å². The Morgan fingerprint density at radius 3 is 2.62 bits per heavy atom. The van der Waals surface area contributed by atoms with E-state index in [0.29, 0.717) is 24.5 Å². The first kappa shape index (κ1) is 13.0. The zero-order chi connectivity index (χ0) is 12.0. The van der Waals surface area contributed by atoms with Crippen molar-refractivity contribution >= 4 is 6.01 Å². The van der Waals surface area contributed by atoms with Gasteiger partial charge >= 0.3 is 6.01 Å². The lowest BCUT2D eigenvalue weighted by Gasteiger charge is -2.24. The Labute approximate surface area is 97.2 Å². The van der Waals surface area contributed by atoms with Crippen LogP contribution in [0.5, 0.6) is 0 Å². The van der Waals surface area contributed by atoms with Crippen molar-refractivity contribution in [1.82, 2.24) is 15.5 Å². The summed E-state index contributed by atoms with van der Waals surface area (Å²) in [5, 5.41) is 11.3. The van der Waals surface area contributed by atoms with Crippen LogP contribution in [-0.4, -0.2) is 29.3 Å². The van der Waals surface area contributed by atoms with E-state index in [9.17, 15) is 0 Å². The Kier molecular flexibility index (Phi) is 5.25. The van der Waals surface area contributed by atoms with Gasteiger partial charge in [-0.2, -0.15) is 0 Å². The van der Waals surface area contributed by atoms with Crippen molar-refractivity contribution in [3.8, 4) is 0 Å². The van der Waals surface area contributed by atoms with Crippen LogP contribution in [0.4, 0.5) is 6.01 Å². The van der Waals surface area contributed by atoms with Gasteiger partial charge in [-0.05, 0) is 26.8 Å². The van der Waals surface area contributed by atoms with Crippen molar-refractivity contribution < 1.29 is 4.42 Å². The van der Waals surface area contributed by atoms with E-state index in [1.807, 2.05) is 0 Å². The van der Waals surface area contributed by atoms with Crippen molar-refractivity contribution in [2.75, 3.05) is 18.0 Å². The van der Waals surface area contributed by atoms with E-state index in [2.05, 4.69) is 48.1 Å². The molecule has 5 heteroatoms. The third-order valence-corrected chi connectivity index (χ3v) is 2.69. The largest absolute Gasteiger partial charge is 0.407 e. The minimum absolute atomic E-state index is 0.428. The summed E-state index contributed by atoms with van der Waals surface area (Å²) in [5.41, 5.74) is 0. The Bertz CT molecular complexity index is 300. The van der Waals surface area contributed by atoms with Crippen LogP contribution in [0.1, 0.15) is 40.0 Å². The number of nitrogens with one attached hydrogen (secondary N) is 1. The predicted molar refractivity (Wildman–Crippen MR) is 64.5 cm³/mol. The van der Waals surface area contributed by atoms with Crippen LogP contribution < -0.4 is 10.2 Å². The van der Waals surface area contributed by atoms with Crippen LogP contribution >= 0.6 is 0 Å². The molecule has 5 nitrogen and oxygen atoms in total. The number of nitrogens with zero attached hydrogens (tertiary/aromatic N) is 3. The third-order valence-electron chi connectivity index (χ3n) is 2.69. The molecular formula is C11H22N4O. The zero-order valence-electron chi connectivity index (χ0n) is 10.7. The predicted octanol–water partition coefficient (Wildman–Crippen LogP) is 1.80. The second-order valence-electron chi connectivity index (χ2n) is 3.80. The van der Waals surface area contributed by atoms with Crippen LogP contribution in [-0.2, 0) is 6.54 Å². The maximum Gasteiger partial charge on any atom is 0.318 e. The molecule has 92 valence electrons. The molecule has 0 radical (unpaired) electrons. The van der Waals surface area contributed by atoms with E-state index >= 15 is 0 Å². The van der Waals surface area contributed by atoms with Gasteiger partial charge in [0.1, 0.15) is 0 Å². The molecule has 1 atom stereocenters. The van der Waals surface area contributed by atoms with E-state index in [4.69, 9.17) is 4.42 Å². The molecular weight excluding hydrogens is 204 g/mol. The highest BCUT2D eigenvalue weighted by Crippen LogP contribution is 2.16. The van der Waals surface area contributed by atoms with Gasteiger partial charge < -0.3 is 14.6 Å². The smallest absolute Gasteiger partial charge is 0.318 e. The molecule has 0 bridgehead atoms. The molecule has 1 unspecified atom stereocenters. The molecule has 1 aromatic rings. The fraction of sp³-hybridized carbons (Fsp3) is 0.818. The highest BCUT2D eigenvalue weighted by atomic mass is 16.4. The number of rotatable bonds is 7. The van der Waals surface area contributed by atoms with Crippen LogP contribution in [0.2, 0.25) is 0 Å². The minimum atomic E-state index is 0.428. The van der Waals surface area contributed by atoms with E-state index in [1.54, 1.807) is 0 Å². The molecule has 1 rings (SSSR count). The van der Waals surface area contributed by atoms with Gasteiger partial charge in [-0.25, -0.2) is 0 Å². The standard InChI is InChI=1S/C11H22N4O/c1-5-9(4)15(7-3)11-14-13-10(16-11)8-12-6-2/h9,12H,5-8H2,1-4H3. The number of aromatic nitrogens is 2. The average Bonchev–Trinajstić information content (AvgIpc) is 2.75. The lowest BCUT2D eigenvalue weighted by Crippen LogP contribution is -2.32. The Morgan fingerprint density at radius 1 is 1.31 bits per heavy atom. The van der Waals surface area contributed by atoms with Gasteiger partial charge in [0, 0.05) is 12.6 Å². The maximum atomic E-state index is 5.60. The first-order valence-corrected chi connectivity index (χ1v) is 6.02. The summed E-state index contributed by atoms with van der Waals surface area (Å²) in [6.07, 6.45) is 1.07. The summed E-state index contributed by atoms with van der Waals surface area (Å²) in [7, 11) is 0. The van der Waals surface area contributed by atoms with Crippen LogP contribution in [0, 0.1) is 0 Å². The Balaban J connectivity index is 2.66. The van der Waals surface area contributed by atoms with E-state index < -0.39 is 0 Å². The first-order valence-electron chi connectivity index (χ1n) is 6.02. The summed E-state index contributed by atoms with van der Waals surface area (Å²) >= 11 is 0. The van der Waals surface area contributed by atoms with Crippen LogP contribution in [0.25, 0.3) is 0 Å². The van der Waals surface area contributed by atoms with Gasteiger partial charge in [0.15, 0.2) is 0 Å². The van der Waals surface area contributed by atoms with Crippen molar-refractivity contribution in [2.24, 2.45) is 0 Å². The topological polar surface area (TPSA) is 54.2 Å². The summed E-state index contributed by atoms with van der Waals surface area (Å²) < 4.78 is 5.60. The minimum Gasteiger partial charge on any atom is -0.407 e. The van der Waals surface area contributed by atoms with E-state index in [-0.39, 0.29) is 0 Å². The zero-order valence-corrected chi connectivity index (χ0v) is 10.7. The Morgan fingerprint density at radius 2 is 2.06 bits per heavy atom. The van der Waals surface area contributed by atoms with Gasteiger partial charge in [-0.3, -0.25) is 0 Å². The fourth-order valence-electron chi connectivity index (χ4n) is 1.52. The normalized spacial score (nSPS) is 12.8. The molecule has 0 saturated heterocycles. The van der Waals surface area contributed by atoms with Gasteiger partial charge in [0.25, 0.3) is 0 Å². The van der Waals surface area contributed by atoms with Gasteiger partial charge in [0.2, 0.25) is 5.89 Å². The Hall–Kier alpha value is -1.10. The summed E-state index contributed by atoms with van der Waals surface area (Å²) in [4.78, 5) is 2.13. The molecule has 16 heavy (non-hydrogen) atoms. The molecule has 0 saturated carbocycles. The van der Waals surface area contributed by atoms with Crippen molar-refractivity contribution in [1.29, 1.82) is 0 Å². The molecule has 0 spiro atoms. The summed E-state index contributed by atoms with van der Waals surface area (Å²) in [5.74, 6) is 0.651. The quantitative estimate of drug-likeness (QED) is 0.768. The molecule has 0 aliphatic carbocycles. The van der Waals surface area contributed by atoms with Crippen LogP contribution in [0.3, 0.4) is 0 Å². The molecule has 1 heterocycles. The second-order valence-corrected chi connectivity index (χ2v) is 3.80. The van der Waals surface area contributed by atoms with Gasteiger partial charge in [0.05, 0.1) is 6.54 Å². The lowest BCUT2D eigenvalue weighted by atomic mass is 10.2. The molecule has 0 amide bonds. The fourth-order valence-corrected chi connectivity index (χ4v) is 1.52. The molecule has 1 aromatic heterocycles. The molecule has 0 fully saturated rings. The second kappa shape index (κ2) is 6.48. The molecule has 0 aliphatic rings. The average molecular weight is 226 g/mol. The summed E-state index contributed by atoms with van der Waals surface area (Å²) in [6.45, 7) is 10.9. The number of hydrogen-bond acceptors (Lipinski definition) is 5. The maximum absolute atomic E-state index is 5.60. The van der Waals surface area contributed by atoms with Crippen molar-refractivity contribution in [3.05, 3.63) is 5.89 Å². The van der Waals surface area contributed by atoms with Crippen molar-refractivity contribution in [3.63, 3.8) is 0 Å².